The molecule has 0 fully saturated rings. The Bertz CT molecular complexity index is 775. The minimum absolute atomic E-state index is 0.0133. The molecule has 0 unspecified atom stereocenters. The third kappa shape index (κ3) is 4.06. The Hall–Kier alpha value is -2.53. The average Bonchev–Trinajstić information content (AvgIpc) is 2.59. The van der Waals surface area contributed by atoms with Crippen molar-refractivity contribution in [3.8, 4) is 5.75 Å². The van der Waals surface area contributed by atoms with Crippen LogP contribution in [-0.2, 0) is 27.4 Å². The summed E-state index contributed by atoms with van der Waals surface area (Å²) in [5.41, 5.74) is 2.54. The number of ether oxygens (including phenoxy) is 2. The van der Waals surface area contributed by atoms with Crippen LogP contribution in [-0.4, -0.2) is 18.5 Å². The molecule has 2 aromatic rings. The number of rotatable bonds is 5. The van der Waals surface area contributed by atoms with Crippen LogP contribution in [0.4, 0.5) is 5.69 Å². The van der Waals surface area contributed by atoms with Crippen LogP contribution in [0.25, 0.3) is 0 Å². The lowest BCUT2D eigenvalue weighted by atomic mass is 10.0. The largest absolute Gasteiger partial charge is 0.482 e. The van der Waals surface area contributed by atoms with Crippen molar-refractivity contribution in [2.24, 2.45) is 0 Å². The molecule has 0 saturated carbocycles. The van der Waals surface area contributed by atoms with E-state index in [4.69, 9.17) is 21.1 Å². The number of amides is 1. The van der Waals surface area contributed by atoms with Gasteiger partial charge in [0.1, 0.15) is 12.4 Å². The summed E-state index contributed by atoms with van der Waals surface area (Å²) in [4.78, 5) is 23.1. The van der Waals surface area contributed by atoms with Crippen molar-refractivity contribution < 1.29 is 19.1 Å². The molecule has 3 rings (SSSR count). The third-order valence-corrected chi connectivity index (χ3v) is 4.04. The van der Waals surface area contributed by atoms with Gasteiger partial charge in [0.15, 0.2) is 6.61 Å². The van der Waals surface area contributed by atoms with E-state index in [0.717, 1.165) is 16.8 Å². The lowest BCUT2D eigenvalue weighted by Crippen LogP contribution is -2.19. The molecule has 5 nitrogen and oxygen atoms in total. The predicted molar refractivity (Wildman–Crippen MR) is 90.1 cm³/mol. The first-order valence-electron chi connectivity index (χ1n) is 7.56. The fourth-order valence-electron chi connectivity index (χ4n) is 2.41. The number of esters is 1. The van der Waals surface area contributed by atoms with Gasteiger partial charge >= 0.3 is 5.97 Å². The van der Waals surface area contributed by atoms with E-state index < -0.39 is 5.97 Å². The van der Waals surface area contributed by atoms with Gasteiger partial charge in [0.25, 0.3) is 0 Å². The van der Waals surface area contributed by atoms with Crippen molar-refractivity contribution in [2.45, 2.75) is 19.4 Å². The van der Waals surface area contributed by atoms with Crippen molar-refractivity contribution in [3.63, 3.8) is 0 Å². The SMILES string of the molecule is O=C1CCc2cc(OCC(=O)OCc3ccccc3Cl)ccc2N1. The summed E-state index contributed by atoms with van der Waals surface area (Å²) in [5.74, 6) is 0.111. The maximum absolute atomic E-state index is 11.8. The maximum atomic E-state index is 11.8. The van der Waals surface area contributed by atoms with Crippen molar-refractivity contribution in [1.29, 1.82) is 0 Å². The first-order valence-corrected chi connectivity index (χ1v) is 7.94. The van der Waals surface area contributed by atoms with Crippen LogP contribution in [0.2, 0.25) is 5.02 Å². The zero-order valence-electron chi connectivity index (χ0n) is 12.9. The topological polar surface area (TPSA) is 64.6 Å². The van der Waals surface area contributed by atoms with Crippen LogP contribution in [0.15, 0.2) is 42.5 Å². The zero-order valence-corrected chi connectivity index (χ0v) is 13.6. The molecular formula is C18H16ClNO4. The normalized spacial score (nSPS) is 13.0. The average molecular weight is 346 g/mol. The van der Waals surface area contributed by atoms with E-state index in [2.05, 4.69) is 5.32 Å². The number of nitrogens with one attached hydrogen (secondary N) is 1. The molecule has 124 valence electrons. The molecule has 0 saturated heterocycles. The van der Waals surface area contributed by atoms with Gasteiger partial charge in [-0.1, -0.05) is 29.8 Å². The minimum atomic E-state index is -0.471. The minimum Gasteiger partial charge on any atom is -0.482 e. The molecule has 1 N–H and O–H groups in total. The Labute approximate surface area is 144 Å². The van der Waals surface area contributed by atoms with E-state index in [1.54, 1.807) is 24.3 Å². The van der Waals surface area contributed by atoms with Crippen LogP contribution in [0, 0.1) is 0 Å². The van der Waals surface area contributed by atoms with Crippen molar-refractivity contribution >= 4 is 29.2 Å². The van der Waals surface area contributed by atoms with E-state index in [-0.39, 0.29) is 19.1 Å². The van der Waals surface area contributed by atoms with Gasteiger partial charge in [-0.15, -0.1) is 0 Å². The number of aryl methyl sites for hydroxylation is 1. The second-order valence-electron chi connectivity index (χ2n) is 5.41. The van der Waals surface area contributed by atoms with E-state index >= 15 is 0 Å². The number of benzene rings is 2. The summed E-state index contributed by atoms with van der Waals surface area (Å²) in [6.07, 6.45) is 1.12. The van der Waals surface area contributed by atoms with Crippen molar-refractivity contribution in [1.82, 2.24) is 0 Å². The third-order valence-electron chi connectivity index (χ3n) is 3.68. The first kappa shape index (κ1) is 16.3. The smallest absolute Gasteiger partial charge is 0.344 e. The summed E-state index contributed by atoms with van der Waals surface area (Å²) in [6.45, 7) is -0.0757. The van der Waals surface area contributed by atoms with Gasteiger partial charge in [0, 0.05) is 22.7 Å². The molecular weight excluding hydrogens is 330 g/mol. The molecule has 0 aromatic heterocycles. The number of anilines is 1. The first-order chi connectivity index (χ1) is 11.6. The van der Waals surface area contributed by atoms with Crippen LogP contribution in [0.5, 0.6) is 5.75 Å². The van der Waals surface area contributed by atoms with Gasteiger partial charge in [-0.3, -0.25) is 4.79 Å². The number of carbonyl (C=O) groups excluding carboxylic acids is 2. The molecule has 0 radical (unpaired) electrons. The Balaban J connectivity index is 1.51. The molecule has 1 amide bonds. The van der Waals surface area contributed by atoms with Crippen LogP contribution in [0.1, 0.15) is 17.5 Å². The molecule has 24 heavy (non-hydrogen) atoms. The molecule has 1 aliphatic rings. The Morgan fingerprint density at radius 2 is 2.00 bits per heavy atom. The van der Waals surface area contributed by atoms with Crippen LogP contribution in [0.3, 0.4) is 0 Å². The van der Waals surface area contributed by atoms with Crippen LogP contribution < -0.4 is 10.1 Å². The maximum Gasteiger partial charge on any atom is 0.344 e. The van der Waals surface area contributed by atoms with Gasteiger partial charge in [0.05, 0.1) is 0 Å². The molecule has 0 bridgehead atoms. The van der Waals surface area contributed by atoms with Gasteiger partial charge in [0.2, 0.25) is 5.91 Å². The fraction of sp³-hybridized carbons (Fsp3) is 0.222. The highest BCUT2D eigenvalue weighted by molar-refractivity contribution is 6.31. The van der Waals surface area contributed by atoms with Crippen LogP contribution >= 0.6 is 11.6 Å². The molecule has 0 atom stereocenters. The van der Waals surface area contributed by atoms with E-state index in [0.29, 0.717) is 23.6 Å². The number of carbonyl (C=O) groups is 2. The summed E-state index contributed by atoms with van der Waals surface area (Å²) < 4.78 is 10.6. The highest BCUT2D eigenvalue weighted by Gasteiger charge is 2.15. The molecule has 1 heterocycles. The second-order valence-corrected chi connectivity index (χ2v) is 5.82. The van der Waals surface area contributed by atoms with Gasteiger partial charge in [-0.05, 0) is 36.2 Å². The molecule has 0 aliphatic carbocycles. The van der Waals surface area contributed by atoms with Gasteiger partial charge in [-0.25, -0.2) is 4.79 Å². The van der Waals surface area contributed by atoms with E-state index in [1.807, 2.05) is 18.2 Å². The predicted octanol–water partition coefficient (Wildman–Crippen LogP) is 3.35. The van der Waals surface area contributed by atoms with Gasteiger partial charge in [-0.2, -0.15) is 0 Å². The monoisotopic (exact) mass is 345 g/mol. The number of hydrogen-bond donors (Lipinski definition) is 1. The Kier molecular flexibility index (Phi) is 5.01. The molecule has 1 aliphatic heterocycles. The lowest BCUT2D eigenvalue weighted by Gasteiger charge is -2.17. The summed E-state index contributed by atoms with van der Waals surface area (Å²) in [5, 5.41) is 3.36. The lowest BCUT2D eigenvalue weighted by molar-refractivity contribution is -0.147. The quantitative estimate of drug-likeness (QED) is 0.844. The van der Waals surface area contributed by atoms with Gasteiger partial charge < -0.3 is 14.8 Å². The summed E-state index contributed by atoms with van der Waals surface area (Å²) in [6, 6.07) is 12.5. The number of halogens is 1. The van der Waals surface area contributed by atoms with E-state index in [1.165, 1.54) is 0 Å². The Morgan fingerprint density at radius 3 is 2.83 bits per heavy atom. The second kappa shape index (κ2) is 7.36. The number of hydrogen-bond acceptors (Lipinski definition) is 4. The fourth-order valence-corrected chi connectivity index (χ4v) is 2.60. The summed E-state index contributed by atoms with van der Waals surface area (Å²) in [7, 11) is 0. The van der Waals surface area contributed by atoms with Crippen molar-refractivity contribution in [3.05, 3.63) is 58.6 Å². The standard InChI is InChI=1S/C18H16ClNO4/c19-15-4-2-1-3-13(15)10-24-18(22)11-23-14-6-7-16-12(9-14)5-8-17(21)20-16/h1-4,6-7,9H,5,8,10-11H2,(H,20,21). The highest BCUT2D eigenvalue weighted by Crippen LogP contribution is 2.26. The number of fused-ring (bicyclic) bond motifs is 1. The highest BCUT2D eigenvalue weighted by atomic mass is 35.5. The molecule has 2 aromatic carbocycles. The summed E-state index contributed by atoms with van der Waals surface area (Å²) >= 11 is 6.01. The Morgan fingerprint density at radius 1 is 1.17 bits per heavy atom. The van der Waals surface area contributed by atoms with E-state index in [9.17, 15) is 9.59 Å². The zero-order chi connectivity index (χ0) is 16.9. The molecule has 6 heteroatoms. The van der Waals surface area contributed by atoms with Crippen molar-refractivity contribution in [2.75, 3.05) is 11.9 Å². The molecule has 0 spiro atoms.